The molecule has 1 unspecified atom stereocenters. The van der Waals surface area contributed by atoms with Gasteiger partial charge >= 0.3 is 0 Å². The number of nitrogens with zero attached hydrogens (tertiary/aromatic N) is 2. The van der Waals surface area contributed by atoms with Gasteiger partial charge in [-0.25, -0.2) is 0 Å². The van der Waals surface area contributed by atoms with E-state index in [4.69, 9.17) is 10.3 Å². The molecular formula is C14H17N3O. The second kappa shape index (κ2) is 4.46. The van der Waals surface area contributed by atoms with E-state index in [1.165, 1.54) is 5.56 Å². The number of nitrogens with two attached hydrogens (primary N) is 1. The van der Waals surface area contributed by atoms with E-state index in [1.54, 1.807) is 0 Å². The van der Waals surface area contributed by atoms with Crippen molar-refractivity contribution in [2.75, 3.05) is 5.73 Å². The number of benzene rings is 1. The summed E-state index contributed by atoms with van der Waals surface area (Å²) >= 11 is 0. The summed E-state index contributed by atoms with van der Waals surface area (Å²) in [5.41, 5.74) is 9.21. The van der Waals surface area contributed by atoms with Crippen LogP contribution in [0.2, 0.25) is 0 Å². The molecule has 1 aromatic heterocycles. The average Bonchev–Trinajstić information content (AvgIpc) is 2.91. The summed E-state index contributed by atoms with van der Waals surface area (Å²) in [5.74, 6) is 0.471. The molecule has 1 atom stereocenters. The molecule has 1 aromatic carbocycles. The Morgan fingerprint density at radius 2 is 2.17 bits per heavy atom. The Labute approximate surface area is 106 Å². The maximum absolute atomic E-state index is 5.81. The number of aromatic nitrogens is 1. The molecule has 4 nitrogen and oxygen atoms in total. The Balaban J connectivity index is 1.83. The van der Waals surface area contributed by atoms with E-state index in [2.05, 4.69) is 41.2 Å². The van der Waals surface area contributed by atoms with Crippen LogP contribution in [0, 0.1) is 0 Å². The van der Waals surface area contributed by atoms with Gasteiger partial charge in [-0.3, -0.25) is 4.90 Å². The van der Waals surface area contributed by atoms with Crippen LogP contribution in [0.25, 0.3) is 0 Å². The number of hydrogen-bond donors (Lipinski definition) is 1. The minimum absolute atomic E-state index is 0.321. The van der Waals surface area contributed by atoms with Gasteiger partial charge in [0.25, 0.3) is 0 Å². The van der Waals surface area contributed by atoms with Crippen molar-refractivity contribution >= 4 is 5.88 Å². The van der Waals surface area contributed by atoms with Crippen molar-refractivity contribution in [1.29, 1.82) is 0 Å². The fourth-order valence-electron chi connectivity index (χ4n) is 2.68. The first-order chi connectivity index (χ1) is 8.79. The van der Waals surface area contributed by atoms with E-state index in [-0.39, 0.29) is 0 Å². The highest BCUT2D eigenvalue weighted by Crippen LogP contribution is 2.38. The molecule has 0 aliphatic carbocycles. The zero-order valence-electron chi connectivity index (χ0n) is 10.5. The lowest BCUT2D eigenvalue weighted by Gasteiger charge is -2.23. The smallest absolute Gasteiger partial charge is 0.226 e. The van der Waals surface area contributed by atoms with Gasteiger partial charge in [-0.2, -0.15) is 0 Å². The Morgan fingerprint density at radius 1 is 1.39 bits per heavy atom. The van der Waals surface area contributed by atoms with Gasteiger partial charge in [-0.1, -0.05) is 42.4 Å². The van der Waals surface area contributed by atoms with Crippen LogP contribution >= 0.6 is 0 Å². The van der Waals surface area contributed by atoms with E-state index in [1.807, 2.05) is 6.07 Å². The summed E-state index contributed by atoms with van der Waals surface area (Å²) in [6.07, 6.45) is 1.02. The van der Waals surface area contributed by atoms with Gasteiger partial charge in [0, 0.05) is 13.1 Å². The van der Waals surface area contributed by atoms with E-state index >= 15 is 0 Å². The standard InChI is InChI=1S/C14H17N3O/c1-2-12-13-11(14(15)18-16-13)9-17(12)8-10-6-4-3-5-7-10/h3-7,12H,2,8-9,15H2,1H3. The van der Waals surface area contributed by atoms with Crippen LogP contribution in [-0.2, 0) is 13.1 Å². The minimum atomic E-state index is 0.321. The number of nitrogen functional groups attached to an aromatic ring is 1. The molecule has 3 rings (SSSR count). The van der Waals surface area contributed by atoms with Crippen molar-refractivity contribution in [1.82, 2.24) is 10.1 Å². The van der Waals surface area contributed by atoms with E-state index in [0.717, 1.165) is 30.8 Å². The van der Waals surface area contributed by atoms with Crippen molar-refractivity contribution in [3.05, 3.63) is 47.2 Å². The molecule has 0 saturated heterocycles. The fraction of sp³-hybridized carbons (Fsp3) is 0.357. The van der Waals surface area contributed by atoms with Crippen molar-refractivity contribution in [3.63, 3.8) is 0 Å². The summed E-state index contributed by atoms with van der Waals surface area (Å²) in [6.45, 7) is 3.93. The first-order valence-electron chi connectivity index (χ1n) is 6.31. The average molecular weight is 243 g/mol. The van der Waals surface area contributed by atoms with Crippen LogP contribution in [0.4, 0.5) is 5.88 Å². The van der Waals surface area contributed by atoms with Crippen molar-refractivity contribution in [3.8, 4) is 0 Å². The molecule has 0 radical (unpaired) electrons. The lowest BCUT2D eigenvalue weighted by atomic mass is 10.1. The van der Waals surface area contributed by atoms with Crippen molar-refractivity contribution in [2.45, 2.75) is 32.5 Å². The monoisotopic (exact) mass is 243 g/mol. The van der Waals surface area contributed by atoms with Gasteiger partial charge in [-0.05, 0) is 12.0 Å². The quantitative estimate of drug-likeness (QED) is 0.900. The summed E-state index contributed by atoms with van der Waals surface area (Å²) in [5, 5.41) is 4.10. The van der Waals surface area contributed by atoms with Gasteiger partial charge in [0.05, 0.1) is 11.6 Å². The molecule has 18 heavy (non-hydrogen) atoms. The SMILES string of the molecule is CCC1c2noc(N)c2CN1Cc1ccccc1. The summed E-state index contributed by atoms with van der Waals surface area (Å²) in [4.78, 5) is 2.40. The van der Waals surface area contributed by atoms with E-state index in [9.17, 15) is 0 Å². The Morgan fingerprint density at radius 3 is 2.89 bits per heavy atom. The molecule has 1 aliphatic heterocycles. The summed E-state index contributed by atoms with van der Waals surface area (Å²) in [6, 6.07) is 10.8. The second-order valence-corrected chi connectivity index (χ2v) is 4.73. The lowest BCUT2D eigenvalue weighted by molar-refractivity contribution is 0.190. The molecule has 94 valence electrons. The third kappa shape index (κ3) is 1.78. The molecule has 0 bridgehead atoms. The van der Waals surface area contributed by atoms with Crippen LogP contribution in [0.1, 0.15) is 36.2 Å². The third-order valence-electron chi connectivity index (χ3n) is 3.58. The first kappa shape index (κ1) is 11.3. The molecule has 2 N–H and O–H groups in total. The molecule has 2 heterocycles. The zero-order valence-corrected chi connectivity index (χ0v) is 10.5. The van der Waals surface area contributed by atoms with Crippen LogP contribution < -0.4 is 5.73 Å². The highest BCUT2D eigenvalue weighted by molar-refractivity contribution is 5.43. The molecule has 0 saturated carbocycles. The maximum atomic E-state index is 5.81. The van der Waals surface area contributed by atoms with Crippen LogP contribution in [0.3, 0.4) is 0 Å². The predicted molar refractivity (Wildman–Crippen MR) is 69.6 cm³/mol. The van der Waals surface area contributed by atoms with Crippen LogP contribution in [0.5, 0.6) is 0 Å². The highest BCUT2D eigenvalue weighted by atomic mass is 16.5. The maximum Gasteiger partial charge on any atom is 0.226 e. The largest absolute Gasteiger partial charge is 0.367 e. The van der Waals surface area contributed by atoms with Crippen molar-refractivity contribution < 1.29 is 4.52 Å². The summed E-state index contributed by atoms with van der Waals surface area (Å²) < 4.78 is 5.07. The number of rotatable bonds is 3. The molecule has 4 heteroatoms. The molecule has 2 aromatic rings. The van der Waals surface area contributed by atoms with Crippen LogP contribution in [0.15, 0.2) is 34.9 Å². The van der Waals surface area contributed by atoms with Gasteiger partial charge in [0.1, 0.15) is 5.69 Å². The molecule has 0 spiro atoms. The number of fused-ring (bicyclic) bond motifs is 1. The number of hydrogen-bond acceptors (Lipinski definition) is 4. The molecule has 0 fully saturated rings. The molecule has 0 amide bonds. The zero-order chi connectivity index (χ0) is 12.5. The fourth-order valence-corrected chi connectivity index (χ4v) is 2.68. The number of anilines is 1. The van der Waals surface area contributed by atoms with Gasteiger partial charge in [0.15, 0.2) is 0 Å². The molecule has 1 aliphatic rings. The van der Waals surface area contributed by atoms with Gasteiger partial charge < -0.3 is 10.3 Å². The minimum Gasteiger partial charge on any atom is -0.367 e. The third-order valence-corrected chi connectivity index (χ3v) is 3.58. The topological polar surface area (TPSA) is 55.3 Å². The first-order valence-corrected chi connectivity index (χ1v) is 6.31. The van der Waals surface area contributed by atoms with Crippen molar-refractivity contribution in [2.24, 2.45) is 0 Å². The lowest BCUT2D eigenvalue weighted by Crippen LogP contribution is -2.21. The Hall–Kier alpha value is -1.81. The van der Waals surface area contributed by atoms with Gasteiger partial charge in [-0.15, -0.1) is 0 Å². The predicted octanol–water partition coefficient (Wildman–Crippen LogP) is 2.72. The second-order valence-electron chi connectivity index (χ2n) is 4.73. The summed E-state index contributed by atoms with van der Waals surface area (Å²) in [7, 11) is 0. The van der Waals surface area contributed by atoms with Gasteiger partial charge in [0.2, 0.25) is 5.88 Å². The van der Waals surface area contributed by atoms with E-state index < -0.39 is 0 Å². The van der Waals surface area contributed by atoms with Crippen LogP contribution in [-0.4, -0.2) is 10.1 Å². The van der Waals surface area contributed by atoms with E-state index in [0.29, 0.717) is 11.9 Å². The Kier molecular flexibility index (Phi) is 2.80. The Bertz CT molecular complexity index is 535. The highest BCUT2D eigenvalue weighted by Gasteiger charge is 2.34. The molecular weight excluding hydrogens is 226 g/mol. The normalized spacial score (nSPS) is 19.1.